The lowest BCUT2D eigenvalue weighted by Gasteiger charge is -2.48. The van der Waals surface area contributed by atoms with Gasteiger partial charge >= 0.3 is 18.4 Å². The summed E-state index contributed by atoms with van der Waals surface area (Å²) in [4.78, 5) is 42.0. The number of halogens is 6. The Kier molecular flexibility index (Phi) is 10.3. The maximum Gasteiger partial charge on any atom is 0.416 e. The summed E-state index contributed by atoms with van der Waals surface area (Å²) in [6.07, 6.45) is -6.64. The summed E-state index contributed by atoms with van der Waals surface area (Å²) >= 11 is 0. The Hall–Kier alpha value is -4.47. The molecule has 2 N–H and O–H groups in total. The van der Waals surface area contributed by atoms with Gasteiger partial charge < -0.3 is 20.1 Å². The highest BCUT2D eigenvalue weighted by Crippen LogP contribution is 2.51. The number of nitrogens with two attached hydrogens (primary N) is 1. The van der Waals surface area contributed by atoms with Crippen LogP contribution in [0.4, 0.5) is 36.8 Å². The van der Waals surface area contributed by atoms with Gasteiger partial charge in [-0.25, -0.2) is 19.7 Å². The van der Waals surface area contributed by atoms with Crippen LogP contribution in [0.3, 0.4) is 0 Å². The first-order chi connectivity index (χ1) is 23.5. The molecule has 1 fully saturated rings. The third-order valence-electron chi connectivity index (χ3n) is 9.44. The average Bonchev–Trinajstić information content (AvgIpc) is 3.07. The Morgan fingerprint density at radius 2 is 1.68 bits per heavy atom. The molecule has 2 amide bonds. The molecule has 5 rings (SSSR count). The van der Waals surface area contributed by atoms with E-state index in [2.05, 4.69) is 15.0 Å². The van der Waals surface area contributed by atoms with Crippen LogP contribution < -0.4 is 15.4 Å². The molecule has 2 aliphatic heterocycles. The van der Waals surface area contributed by atoms with Gasteiger partial charge in [-0.3, -0.25) is 9.69 Å². The molecule has 2 aromatic heterocycles. The topological polar surface area (TPSA) is 124 Å². The van der Waals surface area contributed by atoms with Crippen molar-refractivity contribution >= 4 is 17.7 Å². The molecule has 4 atom stereocenters. The smallest absolute Gasteiger partial charge is 0.416 e. The van der Waals surface area contributed by atoms with E-state index in [4.69, 9.17) is 15.2 Å². The van der Waals surface area contributed by atoms with Gasteiger partial charge in [0.25, 0.3) is 0 Å². The lowest BCUT2D eigenvalue weighted by atomic mass is 9.73. The van der Waals surface area contributed by atoms with E-state index in [1.54, 1.807) is 18.7 Å². The molecule has 1 saturated heterocycles. The lowest BCUT2D eigenvalue weighted by molar-refractivity contribution is -0.143. The number of benzene rings is 1. The van der Waals surface area contributed by atoms with Gasteiger partial charge in [-0.15, -0.1) is 0 Å². The minimum Gasteiger partial charge on any atom is -0.481 e. The Bertz CT molecular complexity index is 1690. The number of fused-ring (bicyclic) bond motifs is 1. The van der Waals surface area contributed by atoms with Gasteiger partial charge in [0.15, 0.2) is 0 Å². The molecule has 1 aromatic carbocycles. The highest BCUT2D eigenvalue weighted by molar-refractivity contribution is 5.91. The number of carbonyl (C=O) groups excluding carboxylic acids is 2. The third-order valence-corrected chi connectivity index (χ3v) is 9.44. The quantitative estimate of drug-likeness (QED) is 0.261. The van der Waals surface area contributed by atoms with Gasteiger partial charge in [-0.1, -0.05) is 6.92 Å². The fourth-order valence-corrected chi connectivity index (χ4v) is 6.85. The number of rotatable bonds is 7. The molecule has 10 nitrogen and oxygen atoms in total. The lowest BCUT2D eigenvalue weighted by Crippen LogP contribution is -2.62. The second-order valence-corrected chi connectivity index (χ2v) is 12.6. The van der Waals surface area contributed by atoms with Crippen LogP contribution in [0.15, 0.2) is 42.7 Å². The van der Waals surface area contributed by atoms with Crippen LogP contribution >= 0.6 is 0 Å². The fourth-order valence-electron chi connectivity index (χ4n) is 6.85. The van der Waals surface area contributed by atoms with E-state index >= 15 is 0 Å². The highest BCUT2D eigenvalue weighted by atomic mass is 19.4. The molecule has 270 valence electrons. The number of aromatic nitrogens is 3. The van der Waals surface area contributed by atoms with Crippen LogP contribution in [0.1, 0.15) is 98.0 Å². The van der Waals surface area contributed by atoms with Crippen molar-refractivity contribution in [2.75, 3.05) is 31.7 Å². The summed E-state index contributed by atoms with van der Waals surface area (Å²) in [6.45, 7) is 5.80. The van der Waals surface area contributed by atoms with Gasteiger partial charge in [0.2, 0.25) is 11.8 Å². The molecule has 2 unspecified atom stereocenters. The molecular weight excluding hydrogens is 670 g/mol. The van der Waals surface area contributed by atoms with Crippen molar-refractivity contribution in [3.63, 3.8) is 0 Å². The number of piperidine rings is 1. The van der Waals surface area contributed by atoms with Gasteiger partial charge in [0.05, 0.1) is 47.8 Å². The molecule has 0 saturated carbocycles. The number of ether oxygens (including phenoxy) is 2. The largest absolute Gasteiger partial charge is 0.481 e. The van der Waals surface area contributed by atoms with E-state index in [0.29, 0.717) is 30.8 Å². The summed E-state index contributed by atoms with van der Waals surface area (Å²) in [5.74, 6) is -2.61. The summed E-state index contributed by atoms with van der Waals surface area (Å²) in [7, 11) is 1.34. The van der Waals surface area contributed by atoms with Crippen molar-refractivity contribution < 1.29 is 45.4 Å². The first-order valence-corrected chi connectivity index (χ1v) is 16.2. The van der Waals surface area contributed by atoms with E-state index in [-0.39, 0.29) is 66.0 Å². The number of methoxy groups -OCH3 is 1. The Labute approximate surface area is 285 Å². The molecule has 50 heavy (non-hydrogen) atoms. The predicted octanol–water partition coefficient (Wildman–Crippen LogP) is 6.99. The number of likely N-dealkylation sites (tertiary alicyclic amines) is 1. The standard InChI is InChI=1S/C34H38F6N6O4/c1-5-32(41)15-25(29-26(9-10-27(44-29)49-4)46(32)31(48)50-6-2)28(21-12-23(33(35,36)37)14-24(13-21)34(38,39)40)30-42-16-22(17-43-30)20-8-7-11-45(18-20)19(3)47/h9-10,12-14,16-17,20,25,28H,5-8,11,15,18,41H2,1-4H3/t20?,25-,28?,32+/m0/s1. The van der Waals surface area contributed by atoms with E-state index in [1.165, 1.54) is 43.5 Å². The van der Waals surface area contributed by atoms with Gasteiger partial charge in [0, 0.05) is 50.3 Å². The monoisotopic (exact) mass is 708 g/mol. The summed E-state index contributed by atoms with van der Waals surface area (Å²) in [5, 5.41) is 0. The zero-order valence-electron chi connectivity index (χ0n) is 27.9. The van der Waals surface area contributed by atoms with Crippen molar-refractivity contribution in [3.8, 4) is 5.88 Å². The Balaban J connectivity index is 1.75. The molecule has 16 heteroatoms. The van der Waals surface area contributed by atoms with E-state index in [9.17, 15) is 35.9 Å². The second-order valence-electron chi connectivity index (χ2n) is 12.6. The number of pyridine rings is 1. The zero-order valence-corrected chi connectivity index (χ0v) is 27.9. The summed E-state index contributed by atoms with van der Waals surface area (Å²) in [5.41, 5.74) is 2.94. The summed E-state index contributed by atoms with van der Waals surface area (Å²) in [6, 6.07) is 4.34. The van der Waals surface area contributed by atoms with Gasteiger partial charge in [-0.05, 0) is 68.0 Å². The van der Waals surface area contributed by atoms with Crippen molar-refractivity contribution in [3.05, 3.63) is 76.5 Å². The number of hydrogen-bond acceptors (Lipinski definition) is 8. The minimum absolute atomic E-state index is 0.00983. The van der Waals surface area contributed by atoms with Crippen LogP contribution in [-0.4, -0.2) is 64.3 Å². The third kappa shape index (κ3) is 7.35. The zero-order chi connectivity index (χ0) is 36.6. The SMILES string of the molecule is CCOC(=O)N1c2ccc(OC)nc2[C@H](C(c2cc(C(F)(F)F)cc(C(F)(F)F)c2)c2ncc(C3CCCN(C(C)=O)C3)cn2)C[C@@]1(N)CC. The van der Waals surface area contributed by atoms with E-state index in [0.717, 1.165) is 12.8 Å². The van der Waals surface area contributed by atoms with Crippen LogP contribution in [0.25, 0.3) is 0 Å². The normalized spacial score (nSPS) is 21.7. The number of nitrogens with zero attached hydrogens (tertiary/aromatic N) is 5. The number of hydrogen-bond donors (Lipinski definition) is 1. The number of anilines is 1. The molecule has 3 aromatic rings. The van der Waals surface area contributed by atoms with Gasteiger partial charge in [0.1, 0.15) is 5.82 Å². The Morgan fingerprint density at radius 1 is 1.04 bits per heavy atom. The molecular formula is C34H38F6N6O4. The molecule has 0 aliphatic carbocycles. The number of amides is 2. The number of alkyl halides is 6. The molecule has 0 radical (unpaired) electrons. The number of carbonyl (C=O) groups is 2. The van der Waals surface area contributed by atoms with Crippen molar-refractivity contribution in [2.45, 2.75) is 82.2 Å². The Morgan fingerprint density at radius 3 is 2.22 bits per heavy atom. The highest BCUT2D eigenvalue weighted by Gasteiger charge is 2.50. The van der Waals surface area contributed by atoms with Crippen molar-refractivity contribution in [1.29, 1.82) is 0 Å². The second kappa shape index (κ2) is 14.0. The molecule has 0 bridgehead atoms. The first kappa shape index (κ1) is 36.8. The van der Waals surface area contributed by atoms with Crippen molar-refractivity contribution in [2.24, 2.45) is 5.73 Å². The maximum absolute atomic E-state index is 14.2. The van der Waals surface area contributed by atoms with Crippen LogP contribution in [0.5, 0.6) is 5.88 Å². The van der Waals surface area contributed by atoms with Crippen molar-refractivity contribution in [1.82, 2.24) is 19.9 Å². The van der Waals surface area contributed by atoms with E-state index < -0.39 is 47.1 Å². The maximum atomic E-state index is 14.2. The first-order valence-electron chi connectivity index (χ1n) is 16.2. The van der Waals surface area contributed by atoms with Gasteiger partial charge in [-0.2, -0.15) is 26.3 Å². The molecule has 4 heterocycles. The molecule has 2 aliphatic rings. The fraction of sp³-hybridized carbons (Fsp3) is 0.500. The van der Waals surface area contributed by atoms with Crippen LogP contribution in [0.2, 0.25) is 0 Å². The summed E-state index contributed by atoms with van der Waals surface area (Å²) < 4.78 is 95.8. The average molecular weight is 709 g/mol. The van der Waals surface area contributed by atoms with E-state index in [1.807, 2.05) is 0 Å². The van der Waals surface area contributed by atoms with Crippen LogP contribution in [0, 0.1) is 0 Å². The predicted molar refractivity (Wildman–Crippen MR) is 169 cm³/mol. The molecule has 0 spiro atoms. The minimum atomic E-state index is -5.12. The van der Waals surface area contributed by atoms with Crippen LogP contribution in [-0.2, 0) is 21.9 Å².